The lowest BCUT2D eigenvalue weighted by molar-refractivity contribution is -0.143. The quantitative estimate of drug-likeness (QED) is 0.700. The van der Waals surface area contributed by atoms with Crippen molar-refractivity contribution in [3.05, 3.63) is 77.9 Å². The van der Waals surface area contributed by atoms with Crippen LogP contribution in [-0.2, 0) is 4.79 Å². The summed E-state index contributed by atoms with van der Waals surface area (Å²) < 4.78 is 5.68. The summed E-state index contributed by atoms with van der Waals surface area (Å²) in [6, 6.07) is 22.7. The van der Waals surface area contributed by atoms with Gasteiger partial charge in [-0.15, -0.1) is 0 Å². The molecule has 0 radical (unpaired) electrons. The maximum absolute atomic E-state index is 11.7. The lowest BCUT2D eigenvalue weighted by Crippen LogP contribution is -2.41. The molecule has 4 rings (SSSR count). The number of likely N-dealkylation sites (tertiary alicyclic amines) is 1. The molecular formula is C24H25NO3. The van der Waals surface area contributed by atoms with E-state index in [1.807, 2.05) is 24.3 Å². The standard InChI is InChI=1S/C24H25NO3/c1-28-22-14-5-4-12-21(22)23(25-15-7-10-18(16-25)24(26)27)20-13-6-9-17-8-2-3-11-19(17)20/h2-6,8-9,11-14,18,23H,7,10,15-16H2,1H3,(H,26,27). The van der Waals surface area contributed by atoms with Crippen LogP contribution >= 0.6 is 0 Å². The number of nitrogens with zero attached hydrogens (tertiary/aromatic N) is 1. The zero-order chi connectivity index (χ0) is 19.5. The maximum Gasteiger partial charge on any atom is 0.307 e. The maximum atomic E-state index is 11.7. The highest BCUT2D eigenvalue weighted by molar-refractivity contribution is 5.86. The molecule has 1 aliphatic heterocycles. The number of methoxy groups -OCH3 is 1. The van der Waals surface area contributed by atoms with Crippen LogP contribution in [0.25, 0.3) is 10.8 Å². The van der Waals surface area contributed by atoms with Gasteiger partial charge in [0.15, 0.2) is 0 Å². The Morgan fingerprint density at radius 2 is 1.75 bits per heavy atom. The predicted molar refractivity (Wildman–Crippen MR) is 111 cm³/mol. The number of piperidine rings is 1. The van der Waals surface area contributed by atoms with Crippen molar-refractivity contribution in [2.24, 2.45) is 5.92 Å². The fourth-order valence-electron chi connectivity index (χ4n) is 4.38. The van der Waals surface area contributed by atoms with E-state index in [1.165, 1.54) is 16.3 Å². The molecule has 144 valence electrons. The normalized spacial score (nSPS) is 18.7. The van der Waals surface area contributed by atoms with Crippen LogP contribution < -0.4 is 4.74 Å². The van der Waals surface area contributed by atoms with E-state index >= 15 is 0 Å². The second-order valence-corrected chi connectivity index (χ2v) is 7.39. The first-order valence-corrected chi connectivity index (χ1v) is 9.76. The molecule has 3 aromatic rings. The highest BCUT2D eigenvalue weighted by Crippen LogP contribution is 2.39. The first-order chi connectivity index (χ1) is 13.7. The van der Waals surface area contributed by atoms with Crippen LogP contribution in [0.4, 0.5) is 0 Å². The average molecular weight is 375 g/mol. The molecule has 4 heteroatoms. The van der Waals surface area contributed by atoms with Gasteiger partial charge in [-0.1, -0.05) is 60.7 Å². The number of carboxylic acid groups (broad SMARTS) is 1. The molecule has 2 atom stereocenters. The van der Waals surface area contributed by atoms with E-state index in [0.29, 0.717) is 6.54 Å². The van der Waals surface area contributed by atoms with Gasteiger partial charge in [0.25, 0.3) is 0 Å². The summed E-state index contributed by atoms with van der Waals surface area (Å²) in [5.74, 6) is -0.208. The monoisotopic (exact) mass is 375 g/mol. The van der Waals surface area contributed by atoms with Crippen LogP contribution in [0.2, 0.25) is 0 Å². The van der Waals surface area contributed by atoms with Gasteiger partial charge in [-0.05, 0) is 41.8 Å². The SMILES string of the molecule is COc1ccccc1C(c1cccc2ccccc12)N1CCCC(C(=O)O)C1. The number of hydrogen-bond acceptors (Lipinski definition) is 3. The molecule has 0 amide bonds. The molecule has 0 aliphatic carbocycles. The summed E-state index contributed by atoms with van der Waals surface area (Å²) in [7, 11) is 1.69. The van der Waals surface area contributed by atoms with E-state index in [4.69, 9.17) is 4.74 Å². The summed E-state index contributed by atoms with van der Waals surface area (Å²) >= 11 is 0. The van der Waals surface area contributed by atoms with Gasteiger partial charge >= 0.3 is 5.97 Å². The van der Waals surface area contributed by atoms with Crippen LogP contribution in [0.5, 0.6) is 5.75 Å². The Hall–Kier alpha value is -2.85. The Balaban J connectivity index is 1.87. The minimum absolute atomic E-state index is 0.0515. The minimum atomic E-state index is -0.707. The summed E-state index contributed by atoms with van der Waals surface area (Å²) in [5.41, 5.74) is 2.26. The fraction of sp³-hybridized carbons (Fsp3) is 0.292. The van der Waals surface area contributed by atoms with Crippen molar-refractivity contribution in [1.29, 1.82) is 0 Å². The third-order valence-electron chi connectivity index (χ3n) is 5.72. The van der Waals surface area contributed by atoms with Crippen molar-refractivity contribution < 1.29 is 14.6 Å². The molecule has 2 unspecified atom stereocenters. The highest BCUT2D eigenvalue weighted by Gasteiger charge is 2.33. The highest BCUT2D eigenvalue weighted by atomic mass is 16.5. The summed E-state index contributed by atoms with van der Waals surface area (Å²) in [5, 5.41) is 12.0. The lowest BCUT2D eigenvalue weighted by atomic mass is 9.88. The molecule has 1 aliphatic rings. The lowest BCUT2D eigenvalue weighted by Gasteiger charge is -2.38. The van der Waals surface area contributed by atoms with Gasteiger partial charge in [-0.2, -0.15) is 0 Å². The molecule has 0 bridgehead atoms. The van der Waals surface area contributed by atoms with Gasteiger partial charge in [-0.3, -0.25) is 9.69 Å². The van der Waals surface area contributed by atoms with Crippen LogP contribution in [0, 0.1) is 5.92 Å². The number of carbonyl (C=O) groups is 1. The van der Waals surface area contributed by atoms with Crippen molar-refractivity contribution in [2.75, 3.05) is 20.2 Å². The van der Waals surface area contributed by atoms with E-state index in [1.54, 1.807) is 7.11 Å². The summed E-state index contributed by atoms with van der Waals surface area (Å²) in [6.45, 7) is 1.41. The topological polar surface area (TPSA) is 49.8 Å². The molecule has 3 aromatic carbocycles. The van der Waals surface area contributed by atoms with Gasteiger partial charge in [0, 0.05) is 12.1 Å². The third kappa shape index (κ3) is 3.48. The average Bonchev–Trinajstić information content (AvgIpc) is 2.75. The molecular weight excluding hydrogens is 350 g/mol. The second kappa shape index (κ2) is 8.03. The van der Waals surface area contributed by atoms with Gasteiger partial charge < -0.3 is 9.84 Å². The van der Waals surface area contributed by atoms with Crippen LogP contribution in [0.1, 0.15) is 30.0 Å². The van der Waals surface area contributed by atoms with E-state index in [9.17, 15) is 9.90 Å². The fourth-order valence-corrected chi connectivity index (χ4v) is 4.38. The van der Waals surface area contributed by atoms with Crippen molar-refractivity contribution in [2.45, 2.75) is 18.9 Å². The first-order valence-electron chi connectivity index (χ1n) is 9.76. The van der Waals surface area contributed by atoms with E-state index in [2.05, 4.69) is 47.4 Å². The molecule has 4 nitrogen and oxygen atoms in total. The van der Waals surface area contributed by atoms with Gasteiger partial charge in [0.1, 0.15) is 5.75 Å². The minimum Gasteiger partial charge on any atom is -0.496 e. The van der Waals surface area contributed by atoms with Crippen molar-refractivity contribution in [3.8, 4) is 5.75 Å². The molecule has 0 saturated carbocycles. The van der Waals surface area contributed by atoms with Gasteiger partial charge in [0.05, 0.1) is 19.1 Å². The van der Waals surface area contributed by atoms with Crippen LogP contribution in [0.3, 0.4) is 0 Å². The number of fused-ring (bicyclic) bond motifs is 1. The Kier molecular flexibility index (Phi) is 5.31. The summed E-state index contributed by atoms with van der Waals surface area (Å²) in [6.07, 6.45) is 1.62. The van der Waals surface area contributed by atoms with Crippen molar-refractivity contribution in [1.82, 2.24) is 4.90 Å². The molecule has 0 aromatic heterocycles. The molecule has 1 saturated heterocycles. The number of hydrogen-bond donors (Lipinski definition) is 1. The van der Waals surface area contributed by atoms with E-state index in [0.717, 1.165) is 30.7 Å². The number of benzene rings is 3. The zero-order valence-electron chi connectivity index (χ0n) is 16.0. The third-order valence-corrected chi connectivity index (χ3v) is 5.72. The Labute approximate surface area is 165 Å². The molecule has 1 fully saturated rings. The molecule has 28 heavy (non-hydrogen) atoms. The van der Waals surface area contributed by atoms with Gasteiger partial charge in [0.2, 0.25) is 0 Å². The Bertz CT molecular complexity index is 979. The van der Waals surface area contributed by atoms with Crippen LogP contribution in [0.15, 0.2) is 66.7 Å². The second-order valence-electron chi connectivity index (χ2n) is 7.39. The number of carboxylic acids is 1. The first kappa shape index (κ1) is 18.5. The predicted octanol–water partition coefficient (Wildman–Crippen LogP) is 4.73. The molecule has 1 heterocycles. The molecule has 0 spiro atoms. The number of aliphatic carboxylic acids is 1. The summed E-state index contributed by atoms with van der Waals surface area (Å²) in [4.78, 5) is 14.0. The largest absolute Gasteiger partial charge is 0.496 e. The zero-order valence-corrected chi connectivity index (χ0v) is 16.0. The van der Waals surface area contributed by atoms with E-state index in [-0.39, 0.29) is 12.0 Å². The van der Waals surface area contributed by atoms with E-state index < -0.39 is 5.97 Å². The van der Waals surface area contributed by atoms with Gasteiger partial charge in [-0.25, -0.2) is 0 Å². The molecule has 1 N–H and O–H groups in total. The smallest absolute Gasteiger partial charge is 0.307 e. The number of ether oxygens (including phenoxy) is 1. The Morgan fingerprint density at radius 1 is 1.04 bits per heavy atom. The number of rotatable bonds is 5. The Morgan fingerprint density at radius 3 is 2.57 bits per heavy atom. The number of para-hydroxylation sites is 1. The van der Waals surface area contributed by atoms with Crippen molar-refractivity contribution in [3.63, 3.8) is 0 Å². The van der Waals surface area contributed by atoms with Crippen LogP contribution in [-0.4, -0.2) is 36.2 Å². The van der Waals surface area contributed by atoms with Crippen molar-refractivity contribution >= 4 is 16.7 Å².